The molecule has 5 nitrogen and oxygen atoms in total. The third kappa shape index (κ3) is 4.09. The molecule has 0 heterocycles. The van der Waals surface area contributed by atoms with Gasteiger partial charge in [-0.3, -0.25) is 0 Å². The summed E-state index contributed by atoms with van der Waals surface area (Å²) in [4.78, 5) is 1.98. The average Bonchev–Trinajstić information content (AvgIpc) is 2.42. The summed E-state index contributed by atoms with van der Waals surface area (Å²) in [5.74, 6) is 0.646. The van der Waals surface area contributed by atoms with Gasteiger partial charge in [0.25, 0.3) is 0 Å². The van der Waals surface area contributed by atoms with E-state index in [1.165, 1.54) is 0 Å². The number of nitrogens with zero attached hydrogens (tertiary/aromatic N) is 1. The molecule has 0 fully saturated rings. The zero-order valence-electron chi connectivity index (χ0n) is 11.8. The molecule has 2 N–H and O–H groups in total. The minimum atomic E-state index is -0.644. The van der Waals surface area contributed by atoms with Crippen LogP contribution in [0.2, 0.25) is 0 Å². The highest BCUT2D eigenvalue weighted by atomic mass is 16.5. The lowest BCUT2D eigenvalue weighted by molar-refractivity contribution is 0.192. The second-order valence-electron chi connectivity index (χ2n) is 4.27. The molecule has 108 valence electrons. The van der Waals surface area contributed by atoms with Crippen molar-refractivity contribution < 1.29 is 19.7 Å². The number of hydrogen-bond acceptors (Lipinski definition) is 5. The highest BCUT2D eigenvalue weighted by molar-refractivity contribution is 5.60. The highest BCUT2D eigenvalue weighted by Crippen LogP contribution is 2.34. The number of hydrogen-bond donors (Lipinski definition) is 2. The molecule has 0 bridgehead atoms. The highest BCUT2D eigenvalue weighted by Gasteiger charge is 2.18. The molecule has 0 aliphatic carbocycles. The first-order valence-corrected chi connectivity index (χ1v) is 6.35. The molecule has 1 aromatic rings. The summed E-state index contributed by atoms with van der Waals surface area (Å²) in [5, 5.41) is 19.1. The topological polar surface area (TPSA) is 62.2 Å². The van der Waals surface area contributed by atoms with Crippen LogP contribution >= 0.6 is 0 Å². The van der Waals surface area contributed by atoms with Crippen LogP contribution in [0.3, 0.4) is 0 Å². The summed E-state index contributed by atoms with van der Waals surface area (Å²) in [6, 6.07) is 5.60. The van der Waals surface area contributed by atoms with E-state index < -0.39 is 6.10 Å². The first-order valence-electron chi connectivity index (χ1n) is 6.35. The van der Waals surface area contributed by atoms with Crippen LogP contribution < -0.4 is 9.64 Å². The van der Waals surface area contributed by atoms with Crippen molar-refractivity contribution in [2.45, 2.75) is 13.0 Å². The van der Waals surface area contributed by atoms with Crippen LogP contribution in [0.15, 0.2) is 18.2 Å². The summed E-state index contributed by atoms with van der Waals surface area (Å²) in [5.41, 5.74) is 1.59. The third-order valence-electron chi connectivity index (χ3n) is 2.96. The van der Waals surface area contributed by atoms with Crippen molar-refractivity contribution >= 4 is 5.69 Å². The van der Waals surface area contributed by atoms with E-state index in [1.807, 2.05) is 23.1 Å². The fraction of sp³-hybridized carbons (Fsp3) is 0.571. The van der Waals surface area contributed by atoms with E-state index in [1.54, 1.807) is 21.1 Å². The van der Waals surface area contributed by atoms with E-state index in [0.29, 0.717) is 25.4 Å². The van der Waals surface area contributed by atoms with Gasteiger partial charge < -0.3 is 24.6 Å². The standard InChI is InChI=1S/C14H23NO4/c1-11(17)14-12(5-4-6-13(14)19-3)15(7-9-16)8-10-18-2/h4-6,11,16-17H,7-10H2,1-3H3/t11-/m1/s1. The molecule has 0 saturated heterocycles. The van der Waals surface area contributed by atoms with Gasteiger partial charge in [-0.1, -0.05) is 6.07 Å². The summed E-state index contributed by atoms with van der Waals surface area (Å²) >= 11 is 0. The van der Waals surface area contributed by atoms with E-state index >= 15 is 0 Å². The van der Waals surface area contributed by atoms with Gasteiger partial charge in [-0.15, -0.1) is 0 Å². The number of anilines is 1. The van der Waals surface area contributed by atoms with Crippen LogP contribution in [0.1, 0.15) is 18.6 Å². The molecule has 0 amide bonds. The predicted molar refractivity (Wildman–Crippen MR) is 74.8 cm³/mol. The smallest absolute Gasteiger partial charge is 0.126 e. The lowest BCUT2D eigenvalue weighted by Crippen LogP contribution is -2.31. The number of benzene rings is 1. The van der Waals surface area contributed by atoms with Gasteiger partial charge in [0, 0.05) is 31.5 Å². The molecule has 1 rings (SSSR count). The van der Waals surface area contributed by atoms with Gasteiger partial charge in [0.2, 0.25) is 0 Å². The Hall–Kier alpha value is -1.30. The van der Waals surface area contributed by atoms with Crippen LogP contribution in [-0.4, -0.2) is 50.7 Å². The van der Waals surface area contributed by atoms with Gasteiger partial charge in [-0.2, -0.15) is 0 Å². The SMILES string of the molecule is COCCN(CCO)c1cccc(OC)c1[C@@H](C)O. The lowest BCUT2D eigenvalue weighted by atomic mass is 10.1. The molecule has 1 atom stereocenters. The van der Waals surface area contributed by atoms with Gasteiger partial charge >= 0.3 is 0 Å². The number of ether oxygens (including phenoxy) is 2. The maximum Gasteiger partial charge on any atom is 0.126 e. The zero-order valence-corrected chi connectivity index (χ0v) is 11.8. The van der Waals surface area contributed by atoms with Crippen LogP contribution in [0, 0.1) is 0 Å². The predicted octanol–water partition coefficient (Wildman–Crippen LogP) is 1.19. The van der Waals surface area contributed by atoms with Crippen LogP contribution in [0.5, 0.6) is 5.75 Å². The fourth-order valence-electron chi connectivity index (χ4n) is 2.08. The molecule has 0 aromatic heterocycles. The van der Waals surface area contributed by atoms with Crippen molar-refractivity contribution in [1.29, 1.82) is 0 Å². The Kier molecular flexibility index (Phi) is 6.62. The van der Waals surface area contributed by atoms with Crippen molar-refractivity contribution in [3.63, 3.8) is 0 Å². The fourth-order valence-corrected chi connectivity index (χ4v) is 2.08. The summed E-state index contributed by atoms with van der Waals surface area (Å²) in [6.07, 6.45) is -0.644. The minimum absolute atomic E-state index is 0.0418. The Bertz CT molecular complexity index is 382. The molecule has 0 saturated carbocycles. The number of aliphatic hydroxyl groups is 2. The van der Waals surface area contributed by atoms with Crippen LogP contribution in [-0.2, 0) is 4.74 Å². The Labute approximate surface area is 114 Å². The molecule has 19 heavy (non-hydrogen) atoms. The summed E-state index contributed by atoms with van der Waals surface area (Å²) in [7, 11) is 3.22. The van der Waals surface area contributed by atoms with E-state index in [-0.39, 0.29) is 6.61 Å². The van der Waals surface area contributed by atoms with Crippen molar-refractivity contribution in [2.24, 2.45) is 0 Å². The Morgan fingerprint density at radius 3 is 2.53 bits per heavy atom. The van der Waals surface area contributed by atoms with Gasteiger partial charge in [0.15, 0.2) is 0 Å². The first kappa shape index (κ1) is 15.8. The molecule has 0 spiro atoms. The largest absolute Gasteiger partial charge is 0.496 e. The maximum atomic E-state index is 9.96. The van der Waals surface area contributed by atoms with Gasteiger partial charge in [-0.05, 0) is 19.1 Å². The van der Waals surface area contributed by atoms with E-state index in [2.05, 4.69) is 0 Å². The van der Waals surface area contributed by atoms with Crippen LogP contribution in [0.4, 0.5) is 5.69 Å². The van der Waals surface area contributed by atoms with Gasteiger partial charge in [0.05, 0.1) is 26.4 Å². The van der Waals surface area contributed by atoms with E-state index in [0.717, 1.165) is 11.3 Å². The maximum absolute atomic E-state index is 9.96. The van der Waals surface area contributed by atoms with Crippen molar-refractivity contribution in [3.05, 3.63) is 23.8 Å². The van der Waals surface area contributed by atoms with Crippen molar-refractivity contribution in [1.82, 2.24) is 0 Å². The normalized spacial score (nSPS) is 12.3. The Morgan fingerprint density at radius 2 is 2.00 bits per heavy atom. The second kappa shape index (κ2) is 7.99. The molecule has 0 unspecified atom stereocenters. The second-order valence-corrected chi connectivity index (χ2v) is 4.27. The molecule has 0 radical (unpaired) electrons. The average molecular weight is 269 g/mol. The van der Waals surface area contributed by atoms with E-state index in [9.17, 15) is 10.2 Å². The van der Waals surface area contributed by atoms with Gasteiger partial charge in [0.1, 0.15) is 5.75 Å². The molecular weight excluding hydrogens is 246 g/mol. The quantitative estimate of drug-likeness (QED) is 0.742. The monoisotopic (exact) mass is 269 g/mol. The Balaban J connectivity index is 3.13. The summed E-state index contributed by atoms with van der Waals surface area (Å²) in [6.45, 7) is 3.42. The van der Waals surface area contributed by atoms with Gasteiger partial charge in [-0.25, -0.2) is 0 Å². The molecular formula is C14H23NO4. The van der Waals surface area contributed by atoms with Crippen LogP contribution in [0.25, 0.3) is 0 Å². The number of methoxy groups -OCH3 is 2. The van der Waals surface area contributed by atoms with E-state index in [4.69, 9.17) is 9.47 Å². The molecule has 0 aliphatic heterocycles. The van der Waals surface area contributed by atoms with Crippen molar-refractivity contribution in [2.75, 3.05) is 45.4 Å². The molecule has 5 heteroatoms. The molecule has 1 aromatic carbocycles. The van der Waals surface area contributed by atoms with Crippen molar-refractivity contribution in [3.8, 4) is 5.75 Å². The number of rotatable bonds is 8. The lowest BCUT2D eigenvalue weighted by Gasteiger charge is -2.28. The third-order valence-corrected chi connectivity index (χ3v) is 2.96. The minimum Gasteiger partial charge on any atom is -0.496 e. The zero-order chi connectivity index (χ0) is 14.3. The first-order chi connectivity index (χ1) is 9.15. The summed E-state index contributed by atoms with van der Waals surface area (Å²) < 4.78 is 10.4. The number of aliphatic hydroxyl groups excluding tert-OH is 2. The molecule has 0 aliphatic rings. The Morgan fingerprint density at radius 1 is 1.26 bits per heavy atom.